The zero-order valence-corrected chi connectivity index (χ0v) is 16.8. The van der Waals surface area contributed by atoms with E-state index in [4.69, 9.17) is 5.11 Å². The lowest BCUT2D eigenvalue weighted by molar-refractivity contribution is -0.136. The van der Waals surface area contributed by atoms with Gasteiger partial charge < -0.3 is 15.1 Å². The number of carbonyl (C=O) groups is 2. The van der Waals surface area contributed by atoms with Crippen LogP contribution in [0.2, 0.25) is 0 Å². The Bertz CT molecular complexity index is 688. The van der Waals surface area contributed by atoms with Gasteiger partial charge in [-0.05, 0) is 12.2 Å². The normalized spacial score (nSPS) is 18.8. The summed E-state index contributed by atoms with van der Waals surface area (Å²) in [6.45, 7) is 0.464. The second kappa shape index (κ2) is 10.8. The van der Waals surface area contributed by atoms with Crippen LogP contribution in [-0.2, 0) is 10.7 Å². The fraction of sp³-hybridized carbons (Fsp3) is 0.474. The summed E-state index contributed by atoms with van der Waals surface area (Å²) in [7, 11) is 0. The predicted octanol–water partition coefficient (Wildman–Crippen LogP) is 3.83. The third kappa shape index (κ3) is 6.49. The van der Waals surface area contributed by atoms with Crippen molar-refractivity contribution in [3.8, 4) is 0 Å². The van der Waals surface area contributed by atoms with Crippen LogP contribution in [0.3, 0.4) is 0 Å². The highest BCUT2D eigenvalue weighted by molar-refractivity contribution is 8.13. The van der Waals surface area contributed by atoms with Crippen LogP contribution < -0.4 is 0 Å². The summed E-state index contributed by atoms with van der Waals surface area (Å²) >= 11 is 2.63. The van der Waals surface area contributed by atoms with Gasteiger partial charge in [0, 0.05) is 23.6 Å². The summed E-state index contributed by atoms with van der Waals surface area (Å²) in [6, 6.07) is 6.79. The van der Waals surface area contributed by atoms with E-state index in [1.807, 2.05) is 0 Å². The Morgan fingerprint density at radius 2 is 2.07 bits per heavy atom. The molecule has 1 aliphatic heterocycles. The van der Waals surface area contributed by atoms with Crippen molar-refractivity contribution in [2.75, 3.05) is 23.8 Å². The Morgan fingerprint density at radius 1 is 1.36 bits per heavy atom. The standard InChI is InChI=1S/C19H23F2NO4S2/c20-19(21,14-5-2-1-3-6-14)16(23)8-7-15-13-28-18(26)22(15)10-4-11-27-12-9-17(24)25/h1-3,5-8,15-16,23H,4,9-13H2,(H,24,25). The van der Waals surface area contributed by atoms with Gasteiger partial charge in [0.1, 0.15) is 6.10 Å². The van der Waals surface area contributed by atoms with Crippen molar-refractivity contribution < 1.29 is 28.6 Å². The van der Waals surface area contributed by atoms with Crippen LogP contribution in [0, 0.1) is 0 Å². The fourth-order valence-corrected chi connectivity index (χ4v) is 4.52. The van der Waals surface area contributed by atoms with Gasteiger partial charge in [-0.2, -0.15) is 20.5 Å². The number of amides is 1. The van der Waals surface area contributed by atoms with E-state index in [0.717, 1.165) is 17.8 Å². The van der Waals surface area contributed by atoms with Gasteiger partial charge in [0.05, 0.1) is 12.5 Å². The van der Waals surface area contributed by atoms with E-state index in [2.05, 4.69) is 0 Å². The first kappa shape index (κ1) is 22.7. The average molecular weight is 432 g/mol. The van der Waals surface area contributed by atoms with Crippen LogP contribution in [0.4, 0.5) is 13.6 Å². The van der Waals surface area contributed by atoms with Gasteiger partial charge in [0.25, 0.3) is 5.24 Å². The predicted molar refractivity (Wildman–Crippen MR) is 108 cm³/mol. The highest BCUT2D eigenvalue weighted by atomic mass is 32.2. The van der Waals surface area contributed by atoms with E-state index in [9.17, 15) is 23.5 Å². The maximum Gasteiger partial charge on any atom is 0.304 e. The first-order valence-corrected chi connectivity index (χ1v) is 11.0. The van der Waals surface area contributed by atoms with Crippen LogP contribution in [-0.4, -0.2) is 62.3 Å². The zero-order valence-electron chi connectivity index (χ0n) is 15.2. The Hall–Kier alpha value is -1.58. The van der Waals surface area contributed by atoms with Crippen molar-refractivity contribution in [3.63, 3.8) is 0 Å². The number of rotatable bonds is 11. The number of carboxylic acids is 1. The molecule has 0 aromatic heterocycles. The zero-order chi connectivity index (χ0) is 20.6. The molecule has 1 fully saturated rings. The first-order chi connectivity index (χ1) is 13.3. The summed E-state index contributed by atoms with van der Waals surface area (Å²) < 4.78 is 28.7. The first-order valence-electron chi connectivity index (χ1n) is 8.85. The van der Waals surface area contributed by atoms with Crippen molar-refractivity contribution in [3.05, 3.63) is 48.0 Å². The van der Waals surface area contributed by atoms with Gasteiger partial charge in [-0.1, -0.05) is 54.2 Å². The number of thioether (sulfide) groups is 2. The molecule has 0 bridgehead atoms. The number of hydrogen-bond acceptors (Lipinski definition) is 5. The van der Waals surface area contributed by atoms with E-state index in [-0.39, 0.29) is 23.3 Å². The molecule has 1 aromatic carbocycles. The fourth-order valence-electron chi connectivity index (χ4n) is 2.67. The van der Waals surface area contributed by atoms with E-state index in [1.165, 1.54) is 42.1 Å². The van der Waals surface area contributed by atoms with Crippen LogP contribution in [0.1, 0.15) is 18.4 Å². The van der Waals surface area contributed by atoms with E-state index in [0.29, 0.717) is 30.2 Å². The molecule has 1 amide bonds. The van der Waals surface area contributed by atoms with Crippen molar-refractivity contribution in [1.29, 1.82) is 0 Å². The molecule has 2 rings (SSSR count). The number of benzene rings is 1. The second-order valence-corrected chi connectivity index (χ2v) is 8.46. The minimum absolute atomic E-state index is 0.0992. The Kier molecular flexibility index (Phi) is 8.78. The molecule has 1 heterocycles. The van der Waals surface area contributed by atoms with Crippen LogP contribution in [0.25, 0.3) is 0 Å². The average Bonchev–Trinajstić information content (AvgIpc) is 3.02. The van der Waals surface area contributed by atoms with Gasteiger partial charge >= 0.3 is 11.9 Å². The number of hydrogen-bond donors (Lipinski definition) is 2. The maximum absolute atomic E-state index is 14.3. The molecule has 0 spiro atoms. The topological polar surface area (TPSA) is 77.8 Å². The lowest BCUT2D eigenvalue weighted by Crippen LogP contribution is -2.34. The number of carbonyl (C=O) groups excluding carboxylic acids is 1. The minimum atomic E-state index is -3.42. The molecule has 154 valence electrons. The molecule has 1 saturated heterocycles. The van der Waals surface area contributed by atoms with Crippen molar-refractivity contribution in [1.82, 2.24) is 4.90 Å². The molecule has 0 aliphatic carbocycles. The summed E-state index contributed by atoms with van der Waals surface area (Å²) in [5.74, 6) is -2.58. The Labute approximate surface area is 171 Å². The molecule has 9 heteroatoms. The molecular formula is C19H23F2NO4S2. The van der Waals surface area contributed by atoms with Crippen molar-refractivity contribution >= 4 is 34.7 Å². The highest BCUT2D eigenvalue weighted by Crippen LogP contribution is 2.33. The molecule has 0 radical (unpaired) electrons. The highest BCUT2D eigenvalue weighted by Gasteiger charge is 2.39. The summed E-state index contributed by atoms with van der Waals surface area (Å²) in [6.07, 6.45) is 1.33. The van der Waals surface area contributed by atoms with Gasteiger partial charge in [-0.25, -0.2) is 0 Å². The third-order valence-corrected chi connectivity index (χ3v) is 6.27. The minimum Gasteiger partial charge on any atom is -0.481 e. The summed E-state index contributed by atoms with van der Waals surface area (Å²) in [5, 5.41) is 18.4. The molecule has 1 aromatic rings. The van der Waals surface area contributed by atoms with Gasteiger partial charge in [-0.3, -0.25) is 9.59 Å². The van der Waals surface area contributed by atoms with Gasteiger partial charge in [-0.15, -0.1) is 0 Å². The molecule has 1 aliphatic rings. The molecular weight excluding hydrogens is 408 g/mol. The lowest BCUT2D eigenvalue weighted by Gasteiger charge is -2.23. The van der Waals surface area contributed by atoms with Crippen LogP contribution >= 0.6 is 23.5 Å². The van der Waals surface area contributed by atoms with Crippen LogP contribution in [0.15, 0.2) is 42.5 Å². The molecule has 5 nitrogen and oxygen atoms in total. The molecule has 0 saturated carbocycles. The number of aliphatic hydroxyl groups is 1. The van der Waals surface area contributed by atoms with Crippen molar-refractivity contribution in [2.45, 2.75) is 30.9 Å². The van der Waals surface area contributed by atoms with E-state index in [1.54, 1.807) is 11.0 Å². The third-order valence-electron chi connectivity index (χ3n) is 4.21. The molecule has 2 atom stereocenters. The number of nitrogens with zero attached hydrogens (tertiary/aromatic N) is 1. The number of halogens is 2. The molecule has 2 unspecified atom stereocenters. The SMILES string of the molecule is O=C(O)CCSCCCN1C(=O)SCC1C=CC(O)C(F)(F)c1ccccc1. The van der Waals surface area contributed by atoms with Gasteiger partial charge in [0.2, 0.25) is 0 Å². The number of alkyl halides is 2. The van der Waals surface area contributed by atoms with Crippen molar-refractivity contribution in [2.24, 2.45) is 0 Å². The molecule has 2 N–H and O–H groups in total. The second-order valence-electron chi connectivity index (χ2n) is 6.27. The number of aliphatic carboxylic acids is 1. The smallest absolute Gasteiger partial charge is 0.304 e. The van der Waals surface area contributed by atoms with Gasteiger partial charge in [0.15, 0.2) is 0 Å². The van der Waals surface area contributed by atoms with E-state index < -0.39 is 18.0 Å². The largest absolute Gasteiger partial charge is 0.481 e. The quantitative estimate of drug-likeness (QED) is 0.410. The molecule has 28 heavy (non-hydrogen) atoms. The summed E-state index contributed by atoms with van der Waals surface area (Å²) in [4.78, 5) is 24.1. The maximum atomic E-state index is 14.3. The van der Waals surface area contributed by atoms with E-state index >= 15 is 0 Å². The lowest BCUT2D eigenvalue weighted by atomic mass is 10.0. The van der Waals surface area contributed by atoms with Crippen LogP contribution in [0.5, 0.6) is 0 Å². The summed E-state index contributed by atoms with van der Waals surface area (Å²) in [5.41, 5.74) is -0.265. The monoisotopic (exact) mass is 431 g/mol. The number of carboxylic acid groups (broad SMARTS) is 1. The Balaban J connectivity index is 1.87. The Morgan fingerprint density at radius 3 is 2.75 bits per heavy atom. The number of aliphatic hydroxyl groups excluding tert-OH is 1.